The lowest BCUT2D eigenvalue weighted by atomic mass is 9.93. The van der Waals surface area contributed by atoms with Crippen molar-refractivity contribution < 1.29 is 19.4 Å². The van der Waals surface area contributed by atoms with Crippen LogP contribution in [0.4, 0.5) is 0 Å². The Hall–Kier alpha value is -2.40. The molecule has 5 nitrogen and oxygen atoms in total. The van der Waals surface area contributed by atoms with Crippen molar-refractivity contribution in [2.75, 3.05) is 13.2 Å². The molecular formula is C17H15NO4. The predicted octanol–water partition coefficient (Wildman–Crippen LogP) is 2.32. The van der Waals surface area contributed by atoms with E-state index in [1.54, 1.807) is 24.3 Å². The number of hydrogen-bond acceptors (Lipinski definition) is 4. The van der Waals surface area contributed by atoms with E-state index in [0.717, 1.165) is 12.8 Å². The molecule has 2 aromatic rings. The molecule has 2 aliphatic heterocycles. The van der Waals surface area contributed by atoms with Crippen LogP contribution in [0.2, 0.25) is 0 Å². The van der Waals surface area contributed by atoms with Gasteiger partial charge in [-0.2, -0.15) is 0 Å². The molecule has 2 heterocycles. The van der Waals surface area contributed by atoms with E-state index in [-0.39, 0.29) is 30.2 Å². The Labute approximate surface area is 127 Å². The van der Waals surface area contributed by atoms with Gasteiger partial charge in [-0.3, -0.25) is 14.5 Å². The van der Waals surface area contributed by atoms with Crippen LogP contribution in [0.1, 0.15) is 33.6 Å². The molecule has 0 aromatic heterocycles. The maximum absolute atomic E-state index is 12.7. The molecule has 1 atom stereocenters. The molecule has 0 bridgehead atoms. The summed E-state index contributed by atoms with van der Waals surface area (Å²) >= 11 is 0. The number of benzene rings is 2. The zero-order valence-corrected chi connectivity index (χ0v) is 11.9. The second-order valence-electron chi connectivity index (χ2n) is 5.72. The number of phenols is 1. The number of imide groups is 1. The summed E-state index contributed by atoms with van der Waals surface area (Å²) in [6.07, 6.45) is 1.75. The van der Waals surface area contributed by atoms with E-state index >= 15 is 0 Å². The summed E-state index contributed by atoms with van der Waals surface area (Å²) in [6.45, 7) is 0.968. The quantitative estimate of drug-likeness (QED) is 0.864. The fourth-order valence-corrected chi connectivity index (χ4v) is 3.29. The number of ether oxygens (including phenoxy) is 1. The standard InChI is InChI=1S/C17H15NO4/c19-14-7-6-13-15-11(14)4-1-5-12(15)16(20)18(17(13)21)9-10-3-2-8-22-10/h1,4-7,10,19H,2-3,8-9H2. The normalized spacial score (nSPS) is 20.9. The Bertz CT molecular complexity index is 770. The van der Waals surface area contributed by atoms with Crippen molar-refractivity contribution in [2.24, 2.45) is 0 Å². The first-order valence-corrected chi connectivity index (χ1v) is 7.39. The SMILES string of the molecule is O=C1c2cccc3c(O)ccc(c23)C(=O)N1CC1CCCO1. The van der Waals surface area contributed by atoms with Gasteiger partial charge in [-0.15, -0.1) is 0 Å². The van der Waals surface area contributed by atoms with Crippen LogP contribution in [-0.2, 0) is 4.74 Å². The fourth-order valence-electron chi connectivity index (χ4n) is 3.29. The highest BCUT2D eigenvalue weighted by molar-refractivity contribution is 6.26. The highest BCUT2D eigenvalue weighted by Gasteiger charge is 2.35. The van der Waals surface area contributed by atoms with Gasteiger partial charge < -0.3 is 9.84 Å². The van der Waals surface area contributed by atoms with E-state index < -0.39 is 0 Å². The van der Waals surface area contributed by atoms with Gasteiger partial charge in [0.15, 0.2) is 0 Å². The maximum atomic E-state index is 12.7. The number of carbonyl (C=O) groups excluding carboxylic acids is 2. The summed E-state index contributed by atoms with van der Waals surface area (Å²) in [5.41, 5.74) is 0.919. The molecular weight excluding hydrogens is 282 g/mol. The third kappa shape index (κ3) is 1.82. The van der Waals surface area contributed by atoms with Crippen molar-refractivity contribution in [1.29, 1.82) is 0 Å². The number of rotatable bonds is 2. The molecule has 5 heteroatoms. The molecule has 112 valence electrons. The van der Waals surface area contributed by atoms with Crippen molar-refractivity contribution in [1.82, 2.24) is 4.90 Å². The summed E-state index contributed by atoms with van der Waals surface area (Å²) in [5, 5.41) is 11.0. The van der Waals surface area contributed by atoms with Crippen LogP contribution in [0.25, 0.3) is 10.8 Å². The van der Waals surface area contributed by atoms with Gasteiger partial charge in [0, 0.05) is 28.5 Å². The smallest absolute Gasteiger partial charge is 0.261 e. The van der Waals surface area contributed by atoms with Gasteiger partial charge in [0.25, 0.3) is 11.8 Å². The van der Waals surface area contributed by atoms with Gasteiger partial charge in [0.1, 0.15) is 5.75 Å². The molecule has 2 aromatic carbocycles. The van der Waals surface area contributed by atoms with E-state index in [1.807, 2.05) is 0 Å². The zero-order valence-electron chi connectivity index (χ0n) is 11.9. The predicted molar refractivity (Wildman–Crippen MR) is 80.0 cm³/mol. The molecule has 1 saturated heterocycles. The molecule has 4 rings (SSSR count). The van der Waals surface area contributed by atoms with Crippen molar-refractivity contribution in [3.63, 3.8) is 0 Å². The van der Waals surface area contributed by atoms with Gasteiger partial charge in [-0.25, -0.2) is 0 Å². The first-order valence-electron chi connectivity index (χ1n) is 7.39. The fraction of sp³-hybridized carbons (Fsp3) is 0.294. The number of amides is 2. The number of phenolic OH excluding ortho intramolecular Hbond substituents is 1. The molecule has 0 saturated carbocycles. The average Bonchev–Trinajstić information content (AvgIpc) is 3.03. The van der Waals surface area contributed by atoms with Crippen LogP contribution in [0.15, 0.2) is 30.3 Å². The number of aromatic hydroxyl groups is 1. The summed E-state index contributed by atoms with van der Waals surface area (Å²) in [6, 6.07) is 8.22. The van der Waals surface area contributed by atoms with Crippen molar-refractivity contribution in [2.45, 2.75) is 18.9 Å². The summed E-state index contributed by atoms with van der Waals surface area (Å²) in [7, 11) is 0. The van der Waals surface area contributed by atoms with E-state index in [1.165, 1.54) is 11.0 Å². The average molecular weight is 297 g/mol. The summed E-state index contributed by atoms with van der Waals surface area (Å²) in [4.78, 5) is 26.6. The Morgan fingerprint density at radius 1 is 1.14 bits per heavy atom. The van der Waals surface area contributed by atoms with Crippen LogP contribution in [0.5, 0.6) is 5.75 Å². The maximum Gasteiger partial charge on any atom is 0.261 e. The Kier molecular flexibility index (Phi) is 2.90. The molecule has 0 spiro atoms. The minimum absolute atomic E-state index is 0.0776. The molecule has 0 radical (unpaired) electrons. The lowest BCUT2D eigenvalue weighted by molar-refractivity contribution is 0.0437. The highest BCUT2D eigenvalue weighted by Crippen LogP contribution is 2.35. The third-order valence-electron chi connectivity index (χ3n) is 4.38. The van der Waals surface area contributed by atoms with Crippen molar-refractivity contribution in [3.05, 3.63) is 41.5 Å². The monoisotopic (exact) mass is 297 g/mol. The van der Waals surface area contributed by atoms with Crippen LogP contribution >= 0.6 is 0 Å². The van der Waals surface area contributed by atoms with Gasteiger partial charge in [-0.05, 0) is 31.0 Å². The zero-order chi connectivity index (χ0) is 15.3. The second-order valence-corrected chi connectivity index (χ2v) is 5.72. The highest BCUT2D eigenvalue weighted by atomic mass is 16.5. The van der Waals surface area contributed by atoms with Gasteiger partial charge >= 0.3 is 0 Å². The Morgan fingerprint density at radius 2 is 1.91 bits per heavy atom. The Balaban J connectivity index is 1.83. The third-order valence-corrected chi connectivity index (χ3v) is 4.38. The Morgan fingerprint density at radius 3 is 2.64 bits per heavy atom. The molecule has 1 unspecified atom stereocenters. The van der Waals surface area contributed by atoms with E-state index in [2.05, 4.69) is 0 Å². The van der Waals surface area contributed by atoms with Gasteiger partial charge in [0.05, 0.1) is 12.6 Å². The first kappa shape index (κ1) is 13.3. The summed E-state index contributed by atoms with van der Waals surface area (Å²) in [5.74, 6) is -0.554. The van der Waals surface area contributed by atoms with Gasteiger partial charge in [-0.1, -0.05) is 12.1 Å². The first-order chi connectivity index (χ1) is 10.7. The van der Waals surface area contributed by atoms with Crippen LogP contribution in [0, 0.1) is 0 Å². The minimum atomic E-state index is -0.316. The second kappa shape index (κ2) is 4.81. The molecule has 2 aliphatic rings. The molecule has 2 amide bonds. The van der Waals surface area contributed by atoms with Gasteiger partial charge in [0.2, 0.25) is 0 Å². The number of nitrogens with zero attached hydrogens (tertiary/aromatic N) is 1. The van der Waals surface area contributed by atoms with Crippen molar-refractivity contribution in [3.8, 4) is 5.75 Å². The van der Waals surface area contributed by atoms with E-state index in [4.69, 9.17) is 4.74 Å². The topological polar surface area (TPSA) is 66.8 Å². The number of carbonyl (C=O) groups is 2. The van der Waals surface area contributed by atoms with Crippen LogP contribution in [0.3, 0.4) is 0 Å². The van der Waals surface area contributed by atoms with E-state index in [0.29, 0.717) is 28.5 Å². The van der Waals surface area contributed by atoms with Crippen LogP contribution in [-0.4, -0.2) is 41.1 Å². The van der Waals surface area contributed by atoms with Crippen molar-refractivity contribution >= 4 is 22.6 Å². The number of hydrogen-bond donors (Lipinski definition) is 1. The van der Waals surface area contributed by atoms with E-state index in [9.17, 15) is 14.7 Å². The lowest BCUT2D eigenvalue weighted by Gasteiger charge is -2.29. The molecule has 1 fully saturated rings. The lowest BCUT2D eigenvalue weighted by Crippen LogP contribution is -2.44. The molecule has 22 heavy (non-hydrogen) atoms. The largest absolute Gasteiger partial charge is 0.507 e. The summed E-state index contributed by atoms with van der Waals surface area (Å²) < 4.78 is 5.55. The van der Waals surface area contributed by atoms with Crippen LogP contribution < -0.4 is 0 Å². The molecule has 0 aliphatic carbocycles. The molecule has 1 N–H and O–H groups in total. The minimum Gasteiger partial charge on any atom is -0.507 e.